The number of amides is 1. The summed E-state index contributed by atoms with van der Waals surface area (Å²) in [5.41, 5.74) is 6.04. The van der Waals surface area contributed by atoms with Crippen molar-refractivity contribution in [3.05, 3.63) is 0 Å². The van der Waals surface area contributed by atoms with Gasteiger partial charge in [0.25, 0.3) is 0 Å². The fourth-order valence-electron chi connectivity index (χ4n) is 3.30. The highest BCUT2D eigenvalue weighted by molar-refractivity contribution is 7.99. The van der Waals surface area contributed by atoms with Crippen LogP contribution < -0.4 is 11.1 Å². The molecule has 0 aromatic heterocycles. The Bertz CT molecular complexity index is 282. The molecule has 0 atom stereocenters. The number of carbonyl (C=O) groups is 1. The minimum absolute atomic E-state index is 0.173. The number of hydrogen-bond donors (Lipinski definition) is 2. The van der Waals surface area contributed by atoms with Gasteiger partial charge in [-0.3, -0.25) is 4.79 Å². The number of nitrogens with two attached hydrogens (primary N) is 1. The van der Waals surface area contributed by atoms with E-state index in [4.69, 9.17) is 5.73 Å². The lowest BCUT2D eigenvalue weighted by molar-refractivity contribution is -0.123. The minimum atomic E-state index is -0.208. The molecule has 2 aliphatic rings. The quantitative estimate of drug-likeness (QED) is 0.825. The summed E-state index contributed by atoms with van der Waals surface area (Å²) in [6.45, 7) is 0. The van der Waals surface area contributed by atoms with E-state index in [1.165, 1.54) is 25.7 Å². The smallest absolute Gasteiger partial charge is 0.222 e. The summed E-state index contributed by atoms with van der Waals surface area (Å²) in [4.78, 5) is 12.0. The summed E-state index contributed by atoms with van der Waals surface area (Å²) >= 11 is 1.96. The van der Waals surface area contributed by atoms with Gasteiger partial charge in [-0.25, -0.2) is 0 Å². The normalized spacial score (nSPS) is 31.2. The third kappa shape index (κ3) is 3.89. The van der Waals surface area contributed by atoms with Crippen molar-refractivity contribution in [3.63, 3.8) is 0 Å². The van der Waals surface area contributed by atoms with E-state index in [1.807, 2.05) is 11.8 Å². The highest BCUT2D eigenvalue weighted by Crippen LogP contribution is 2.30. The van der Waals surface area contributed by atoms with Gasteiger partial charge in [0.2, 0.25) is 5.91 Å². The first-order chi connectivity index (χ1) is 8.61. The molecule has 0 aromatic carbocycles. The molecule has 0 aliphatic heterocycles. The number of rotatable bonds is 4. The van der Waals surface area contributed by atoms with E-state index in [0.717, 1.165) is 30.9 Å². The summed E-state index contributed by atoms with van der Waals surface area (Å²) in [5.74, 6) is 0.173. The Hall–Kier alpha value is -0.220. The van der Waals surface area contributed by atoms with Crippen molar-refractivity contribution >= 4 is 17.7 Å². The van der Waals surface area contributed by atoms with Crippen LogP contribution in [0.4, 0.5) is 0 Å². The van der Waals surface area contributed by atoms with Gasteiger partial charge >= 0.3 is 0 Å². The van der Waals surface area contributed by atoms with Gasteiger partial charge in [0.15, 0.2) is 0 Å². The topological polar surface area (TPSA) is 55.1 Å². The van der Waals surface area contributed by atoms with E-state index in [-0.39, 0.29) is 11.4 Å². The molecule has 1 amide bonds. The molecule has 0 spiro atoms. The van der Waals surface area contributed by atoms with Crippen LogP contribution in [0.25, 0.3) is 0 Å². The number of thioether (sulfide) groups is 1. The standard InChI is InChI=1S/C14H26N2OS/c1-18-12-6-4-11(5-7-12)16-13(17)10-14(15)8-2-3-9-14/h11-12H,2-10,15H2,1H3,(H,16,17). The van der Waals surface area contributed by atoms with Crippen LogP contribution in [0.3, 0.4) is 0 Å². The lowest BCUT2D eigenvalue weighted by Gasteiger charge is -2.29. The van der Waals surface area contributed by atoms with Crippen LogP contribution >= 0.6 is 11.8 Å². The predicted octanol–water partition coefficient (Wildman–Crippen LogP) is 2.44. The van der Waals surface area contributed by atoms with Gasteiger partial charge in [0.1, 0.15) is 0 Å². The fourth-order valence-corrected chi connectivity index (χ4v) is 4.04. The molecule has 2 saturated carbocycles. The van der Waals surface area contributed by atoms with Gasteiger partial charge in [0, 0.05) is 23.3 Å². The highest BCUT2D eigenvalue weighted by Gasteiger charge is 2.32. The van der Waals surface area contributed by atoms with Crippen LogP contribution in [0, 0.1) is 0 Å². The molecular weight excluding hydrogens is 244 g/mol. The average Bonchev–Trinajstić information content (AvgIpc) is 2.76. The molecule has 3 nitrogen and oxygen atoms in total. The van der Waals surface area contributed by atoms with Gasteiger partial charge < -0.3 is 11.1 Å². The van der Waals surface area contributed by atoms with Crippen molar-refractivity contribution in [2.24, 2.45) is 5.73 Å². The molecule has 0 aromatic rings. The zero-order chi connectivity index (χ0) is 13.0. The van der Waals surface area contributed by atoms with E-state index in [9.17, 15) is 4.79 Å². The molecule has 0 unspecified atom stereocenters. The van der Waals surface area contributed by atoms with Crippen molar-refractivity contribution in [1.29, 1.82) is 0 Å². The number of carbonyl (C=O) groups excluding carboxylic acids is 1. The molecule has 2 aliphatic carbocycles. The maximum atomic E-state index is 12.0. The minimum Gasteiger partial charge on any atom is -0.353 e. The second-order valence-electron chi connectivity index (χ2n) is 6.02. The second kappa shape index (κ2) is 6.29. The second-order valence-corrected chi connectivity index (χ2v) is 7.16. The Kier molecular flexibility index (Phi) is 4.96. The van der Waals surface area contributed by atoms with E-state index >= 15 is 0 Å². The zero-order valence-electron chi connectivity index (χ0n) is 11.4. The molecule has 104 valence electrons. The van der Waals surface area contributed by atoms with Crippen LogP contribution in [0.2, 0.25) is 0 Å². The monoisotopic (exact) mass is 270 g/mol. The van der Waals surface area contributed by atoms with Crippen LogP contribution in [-0.4, -0.2) is 29.0 Å². The Morgan fingerprint density at radius 2 is 1.89 bits per heavy atom. The molecular formula is C14H26N2OS. The largest absolute Gasteiger partial charge is 0.353 e. The van der Waals surface area contributed by atoms with Crippen LogP contribution in [-0.2, 0) is 4.79 Å². The highest BCUT2D eigenvalue weighted by atomic mass is 32.2. The maximum absolute atomic E-state index is 12.0. The lowest BCUT2D eigenvalue weighted by atomic mass is 9.92. The fraction of sp³-hybridized carbons (Fsp3) is 0.929. The van der Waals surface area contributed by atoms with Crippen LogP contribution in [0.15, 0.2) is 0 Å². The molecule has 18 heavy (non-hydrogen) atoms. The average molecular weight is 270 g/mol. The van der Waals surface area contributed by atoms with Gasteiger partial charge in [0.05, 0.1) is 0 Å². The lowest BCUT2D eigenvalue weighted by Crippen LogP contribution is -2.45. The zero-order valence-corrected chi connectivity index (χ0v) is 12.2. The Labute approximate surface area is 115 Å². The molecule has 0 radical (unpaired) electrons. The van der Waals surface area contributed by atoms with Gasteiger partial charge in [-0.15, -0.1) is 0 Å². The first-order valence-corrected chi connectivity index (χ1v) is 8.51. The SMILES string of the molecule is CSC1CCC(NC(=O)CC2(N)CCCC2)CC1. The van der Waals surface area contributed by atoms with E-state index in [2.05, 4.69) is 11.6 Å². The third-order valence-electron chi connectivity index (χ3n) is 4.48. The van der Waals surface area contributed by atoms with Crippen LogP contribution in [0.5, 0.6) is 0 Å². The molecule has 0 heterocycles. The molecule has 0 bridgehead atoms. The van der Waals surface area contributed by atoms with Crippen LogP contribution in [0.1, 0.15) is 57.8 Å². The number of nitrogens with one attached hydrogen (secondary N) is 1. The summed E-state index contributed by atoms with van der Waals surface area (Å²) in [6, 6.07) is 0.394. The van der Waals surface area contributed by atoms with Gasteiger partial charge in [-0.1, -0.05) is 12.8 Å². The third-order valence-corrected chi connectivity index (χ3v) is 5.62. The number of hydrogen-bond acceptors (Lipinski definition) is 3. The van der Waals surface area contributed by atoms with E-state index in [0.29, 0.717) is 12.5 Å². The Morgan fingerprint density at radius 3 is 2.44 bits per heavy atom. The van der Waals surface area contributed by atoms with Gasteiger partial charge in [-0.05, 0) is 44.8 Å². The first kappa shape index (κ1) is 14.2. The molecule has 2 rings (SSSR count). The van der Waals surface area contributed by atoms with Crippen molar-refractivity contribution in [1.82, 2.24) is 5.32 Å². The predicted molar refractivity (Wildman–Crippen MR) is 77.7 cm³/mol. The molecule has 2 fully saturated rings. The summed E-state index contributed by atoms with van der Waals surface area (Å²) in [5, 5.41) is 3.99. The molecule has 4 heteroatoms. The van der Waals surface area contributed by atoms with E-state index in [1.54, 1.807) is 0 Å². The molecule has 3 N–H and O–H groups in total. The Balaban J connectivity index is 1.71. The Morgan fingerprint density at radius 1 is 1.28 bits per heavy atom. The molecule has 0 saturated heterocycles. The maximum Gasteiger partial charge on any atom is 0.222 e. The summed E-state index contributed by atoms with van der Waals surface area (Å²) in [6.07, 6.45) is 11.8. The van der Waals surface area contributed by atoms with Gasteiger partial charge in [-0.2, -0.15) is 11.8 Å². The summed E-state index contributed by atoms with van der Waals surface area (Å²) in [7, 11) is 0. The van der Waals surface area contributed by atoms with Crippen molar-refractivity contribution in [2.45, 2.75) is 74.6 Å². The van der Waals surface area contributed by atoms with E-state index < -0.39 is 0 Å². The first-order valence-electron chi connectivity index (χ1n) is 7.22. The van der Waals surface area contributed by atoms with Crippen molar-refractivity contribution < 1.29 is 4.79 Å². The van der Waals surface area contributed by atoms with Crippen molar-refractivity contribution in [3.8, 4) is 0 Å². The van der Waals surface area contributed by atoms with Crippen molar-refractivity contribution in [2.75, 3.05) is 6.26 Å². The summed E-state index contributed by atoms with van der Waals surface area (Å²) < 4.78 is 0.